The third-order valence-corrected chi connectivity index (χ3v) is 2.64. The maximum Gasteiger partial charge on any atom is 0.449 e. The summed E-state index contributed by atoms with van der Waals surface area (Å²) in [5, 5.41) is 0.198. The minimum atomic E-state index is -4.52. The molecule has 0 atom stereocenters. The zero-order chi connectivity index (χ0) is 12.6. The van der Waals surface area contributed by atoms with Crippen LogP contribution in [0.3, 0.4) is 0 Å². The van der Waals surface area contributed by atoms with E-state index in [1.807, 2.05) is 0 Å². The van der Waals surface area contributed by atoms with Crippen LogP contribution in [-0.4, -0.2) is 16.1 Å². The van der Waals surface area contributed by atoms with Gasteiger partial charge < -0.3 is 10.3 Å². The largest absolute Gasteiger partial charge is 0.449 e. The van der Waals surface area contributed by atoms with E-state index >= 15 is 0 Å². The Morgan fingerprint density at radius 1 is 1.35 bits per heavy atom. The predicted octanol–water partition coefficient (Wildman–Crippen LogP) is 2.67. The van der Waals surface area contributed by atoms with Crippen LogP contribution in [0, 0.1) is 0 Å². The number of nitrogens with zero attached hydrogens (tertiary/aromatic N) is 2. The number of nitrogens with two attached hydrogens (primary N) is 1. The van der Waals surface area contributed by atoms with Crippen LogP contribution >= 0.6 is 11.6 Å². The molecule has 0 bridgehead atoms. The van der Waals surface area contributed by atoms with Gasteiger partial charge >= 0.3 is 6.18 Å². The monoisotopic (exact) mass is 263 g/mol. The van der Waals surface area contributed by atoms with Crippen molar-refractivity contribution in [2.24, 2.45) is 5.73 Å². The SMILES string of the molecule is NCCn1c(C(F)(F)F)nc2c(Cl)cccc21. The van der Waals surface area contributed by atoms with Gasteiger partial charge in [0.25, 0.3) is 0 Å². The van der Waals surface area contributed by atoms with Gasteiger partial charge in [0.1, 0.15) is 5.52 Å². The normalized spacial score (nSPS) is 12.3. The van der Waals surface area contributed by atoms with Gasteiger partial charge in [-0.3, -0.25) is 0 Å². The predicted molar refractivity (Wildman–Crippen MR) is 58.8 cm³/mol. The van der Waals surface area contributed by atoms with Gasteiger partial charge in [-0.15, -0.1) is 0 Å². The number of hydrogen-bond acceptors (Lipinski definition) is 2. The van der Waals surface area contributed by atoms with Crippen LogP contribution in [0.5, 0.6) is 0 Å². The summed E-state index contributed by atoms with van der Waals surface area (Å²) in [4.78, 5) is 3.55. The molecule has 2 N–H and O–H groups in total. The van der Waals surface area contributed by atoms with E-state index in [1.54, 1.807) is 12.1 Å². The number of alkyl halides is 3. The van der Waals surface area contributed by atoms with E-state index < -0.39 is 12.0 Å². The van der Waals surface area contributed by atoms with E-state index in [4.69, 9.17) is 17.3 Å². The molecule has 0 amide bonds. The average Bonchev–Trinajstić information content (AvgIpc) is 2.59. The van der Waals surface area contributed by atoms with Crippen molar-refractivity contribution in [3.63, 3.8) is 0 Å². The van der Waals surface area contributed by atoms with Gasteiger partial charge in [-0.05, 0) is 12.1 Å². The van der Waals surface area contributed by atoms with E-state index in [9.17, 15) is 13.2 Å². The fourth-order valence-electron chi connectivity index (χ4n) is 1.68. The van der Waals surface area contributed by atoms with Crippen LogP contribution in [0.4, 0.5) is 13.2 Å². The zero-order valence-corrected chi connectivity index (χ0v) is 9.39. The molecule has 0 radical (unpaired) electrons. The lowest BCUT2D eigenvalue weighted by atomic mass is 10.3. The van der Waals surface area contributed by atoms with E-state index in [2.05, 4.69) is 4.98 Å². The molecule has 17 heavy (non-hydrogen) atoms. The number of fused-ring (bicyclic) bond motifs is 1. The van der Waals surface area contributed by atoms with Crippen molar-refractivity contribution in [3.8, 4) is 0 Å². The second kappa shape index (κ2) is 4.19. The third-order valence-electron chi connectivity index (χ3n) is 2.34. The smallest absolute Gasteiger partial charge is 0.329 e. The average molecular weight is 264 g/mol. The molecular weight excluding hydrogens is 255 g/mol. The number of aromatic nitrogens is 2. The molecule has 0 saturated heterocycles. The van der Waals surface area contributed by atoms with E-state index in [-0.39, 0.29) is 23.6 Å². The molecule has 0 fully saturated rings. The lowest BCUT2D eigenvalue weighted by molar-refractivity contribution is -0.146. The quantitative estimate of drug-likeness (QED) is 0.905. The summed E-state index contributed by atoms with van der Waals surface area (Å²) in [7, 11) is 0. The molecule has 0 aliphatic heterocycles. The Kier molecular flexibility index (Phi) is 3.01. The first-order valence-corrected chi connectivity index (χ1v) is 5.25. The number of rotatable bonds is 2. The van der Waals surface area contributed by atoms with Crippen LogP contribution in [0.15, 0.2) is 18.2 Å². The number of benzene rings is 1. The molecule has 1 aromatic heterocycles. The summed E-state index contributed by atoms with van der Waals surface area (Å²) in [5.74, 6) is -0.967. The summed E-state index contributed by atoms with van der Waals surface area (Å²) in [6.07, 6.45) is -4.52. The molecule has 1 heterocycles. The van der Waals surface area contributed by atoms with Crippen molar-refractivity contribution in [1.82, 2.24) is 9.55 Å². The minimum Gasteiger partial charge on any atom is -0.329 e. The summed E-state index contributed by atoms with van der Waals surface area (Å²) in [6.45, 7) is 0.146. The minimum absolute atomic E-state index is 0.0473. The first-order valence-electron chi connectivity index (χ1n) is 4.87. The van der Waals surface area contributed by atoms with Gasteiger partial charge in [-0.2, -0.15) is 13.2 Å². The first-order chi connectivity index (χ1) is 7.95. The third kappa shape index (κ3) is 2.10. The number of para-hydroxylation sites is 1. The topological polar surface area (TPSA) is 43.8 Å². The molecule has 0 unspecified atom stereocenters. The number of halogens is 4. The van der Waals surface area contributed by atoms with Crippen LogP contribution < -0.4 is 5.73 Å². The fraction of sp³-hybridized carbons (Fsp3) is 0.300. The second-order valence-corrected chi connectivity index (χ2v) is 3.89. The summed E-state index contributed by atoms with van der Waals surface area (Å²) < 4.78 is 39.4. The van der Waals surface area contributed by atoms with Crippen LogP contribution in [0.1, 0.15) is 5.82 Å². The van der Waals surface area contributed by atoms with Crippen LogP contribution in [0.2, 0.25) is 5.02 Å². The van der Waals surface area contributed by atoms with Gasteiger partial charge in [-0.1, -0.05) is 17.7 Å². The van der Waals surface area contributed by atoms with Gasteiger partial charge in [0.05, 0.1) is 10.5 Å². The first kappa shape index (κ1) is 12.2. The van der Waals surface area contributed by atoms with E-state index in [0.717, 1.165) is 4.57 Å². The lowest BCUT2D eigenvalue weighted by Gasteiger charge is -2.09. The Bertz CT molecular complexity index is 547. The van der Waals surface area contributed by atoms with Crippen LogP contribution in [0.25, 0.3) is 11.0 Å². The summed E-state index contributed by atoms with van der Waals surface area (Å²) in [5.41, 5.74) is 5.80. The highest BCUT2D eigenvalue weighted by Crippen LogP contribution is 2.33. The molecule has 0 aliphatic rings. The molecule has 0 saturated carbocycles. The number of hydrogen-bond donors (Lipinski definition) is 1. The summed E-state index contributed by atoms with van der Waals surface area (Å²) >= 11 is 5.82. The van der Waals surface area contributed by atoms with Gasteiger partial charge in [0, 0.05) is 13.1 Å². The highest BCUT2D eigenvalue weighted by atomic mass is 35.5. The Balaban J connectivity index is 2.75. The molecule has 3 nitrogen and oxygen atoms in total. The van der Waals surface area contributed by atoms with Crippen molar-refractivity contribution in [3.05, 3.63) is 29.0 Å². The van der Waals surface area contributed by atoms with E-state index in [0.29, 0.717) is 5.52 Å². The maximum atomic E-state index is 12.8. The molecule has 0 spiro atoms. The van der Waals surface area contributed by atoms with Crippen molar-refractivity contribution < 1.29 is 13.2 Å². The Hall–Kier alpha value is -1.27. The van der Waals surface area contributed by atoms with Crippen molar-refractivity contribution in [2.75, 3.05) is 6.54 Å². The number of imidazole rings is 1. The van der Waals surface area contributed by atoms with Crippen molar-refractivity contribution in [2.45, 2.75) is 12.7 Å². The van der Waals surface area contributed by atoms with Crippen LogP contribution in [-0.2, 0) is 12.7 Å². The molecule has 92 valence electrons. The van der Waals surface area contributed by atoms with Gasteiger partial charge in [0.15, 0.2) is 0 Å². The highest BCUT2D eigenvalue weighted by Gasteiger charge is 2.37. The Morgan fingerprint density at radius 3 is 2.65 bits per heavy atom. The molecular formula is C10H9ClF3N3. The molecule has 2 rings (SSSR count). The summed E-state index contributed by atoms with van der Waals surface area (Å²) in [6, 6.07) is 4.63. The maximum absolute atomic E-state index is 12.8. The Labute approximate surface area is 100.0 Å². The lowest BCUT2D eigenvalue weighted by Crippen LogP contribution is -2.18. The van der Waals surface area contributed by atoms with Crippen molar-refractivity contribution in [1.29, 1.82) is 0 Å². The molecule has 7 heteroatoms. The van der Waals surface area contributed by atoms with Gasteiger partial charge in [0.2, 0.25) is 5.82 Å². The molecule has 0 aliphatic carbocycles. The highest BCUT2D eigenvalue weighted by molar-refractivity contribution is 6.34. The molecule has 1 aromatic carbocycles. The zero-order valence-electron chi connectivity index (χ0n) is 8.63. The van der Waals surface area contributed by atoms with E-state index in [1.165, 1.54) is 6.07 Å². The standard InChI is InChI=1S/C10H9ClF3N3/c11-6-2-1-3-7-8(6)16-9(10(12,13)14)17(7)5-4-15/h1-3H,4-5,15H2. The van der Waals surface area contributed by atoms with Crippen molar-refractivity contribution >= 4 is 22.6 Å². The fourth-order valence-corrected chi connectivity index (χ4v) is 1.90. The van der Waals surface area contributed by atoms with Gasteiger partial charge in [-0.25, -0.2) is 4.98 Å². The second-order valence-electron chi connectivity index (χ2n) is 3.48. The molecule has 2 aromatic rings. The Morgan fingerprint density at radius 2 is 2.06 bits per heavy atom.